The molecule has 0 atom stereocenters. The minimum absolute atomic E-state index is 0.519. The fourth-order valence-electron chi connectivity index (χ4n) is 2.78. The van der Waals surface area contributed by atoms with Crippen LogP contribution in [0.3, 0.4) is 0 Å². The van der Waals surface area contributed by atoms with Crippen LogP contribution < -0.4 is 10.6 Å². The fraction of sp³-hybridized carbons (Fsp3) is 0.0476. The molecule has 0 aliphatic carbocycles. The lowest BCUT2D eigenvalue weighted by atomic mass is 10.2. The number of para-hydroxylation sites is 1. The molecule has 0 fully saturated rings. The summed E-state index contributed by atoms with van der Waals surface area (Å²) in [6.45, 7) is 0.652. The van der Waals surface area contributed by atoms with E-state index in [4.69, 9.17) is 11.6 Å². The molecule has 0 spiro atoms. The molecule has 3 aromatic carbocycles. The number of anilines is 3. The molecule has 1 aromatic heterocycles. The lowest BCUT2D eigenvalue weighted by molar-refractivity contribution is 1.10. The molecule has 0 saturated carbocycles. The molecule has 6 heteroatoms. The first kappa shape index (κ1) is 17.8. The van der Waals surface area contributed by atoms with E-state index in [-0.39, 0.29) is 0 Å². The Kier molecular flexibility index (Phi) is 5.23. The Labute approximate surface area is 170 Å². The predicted octanol–water partition coefficient (Wildman–Crippen LogP) is 6.40. The van der Waals surface area contributed by atoms with Crippen LogP contribution in [0.5, 0.6) is 0 Å². The molecule has 0 aliphatic heterocycles. The number of halogens is 2. The molecular weight excluding hydrogens is 424 g/mol. The second-order valence-corrected chi connectivity index (χ2v) is 7.28. The van der Waals surface area contributed by atoms with Crippen molar-refractivity contribution in [2.45, 2.75) is 6.54 Å². The second kappa shape index (κ2) is 7.94. The summed E-state index contributed by atoms with van der Waals surface area (Å²) in [4.78, 5) is 9.30. The largest absolute Gasteiger partial charge is 0.365 e. The van der Waals surface area contributed by atoms with Gasteiger partial charge >= 0.3 is 0 Å². The van der Waals surface area contributed by atoms with Crippen LogP contribution in [0.2, 0.25) is 5.02 Å². The lowest BCUT2D eigenvalue weighted by Crippen LogP contribution is -2.06. The molecule has 2 N–H and O–H groups in total. The van der Waals surface area contributed by atoms with Gasteiger partial charge in [0.05, 0.1) is 5.52 Å². The minimum Gasteiger partial charge on any atom is -0.365 e. The number of nitrogens with zero attached hydrogens (tertiary/aromatic N) is 2. The van der Waals surface area contributed by atoms with Gasteiger partial charge in [0.15, 0.2) is 0 Å². The van der Waals surface area contributed by atoms with Crippen LogP contribution in [0, 0.1) is 0 Å². The van der Waals surface area contributed by atoms with E-state index in [0.717, 1.165) is 32.4 Å². The van der Waals surface area contributed by atoms with Gasteiger partial charge in [-0.15, -0.1) is 0 Å². The average molecular weight is 440 g/mol. The van der Waals surface area contributed by atoms with E-state index >= 15 is 0 Å². The lowest BCUT2D eigenvalue weighted by Gasteiger charge is -2.13. The monoisotopic (exact) mass is 438 g/mol. The first-order chi connectivity index (χ1) is 13.2. The summed E-state index contributed by atoms with van der Waals surface area (Å²) in [6, 6.07) is 23.6. The van der Waals surface area contributed by atoms with Gasteiger partial charge in [-0.05, 0) is 42.0 Å². The van der Waals surface area contributed by atoms with Gasteiger partial charge in [0.25, 0.3) is 0 Å². The van der Waals surface area contributed by atoms with Crippen LogP contribution in [-0.4, -0.2) is 9.97 Å². The summed E-state index contributed by atoms with van der Waals surface area (Å²) in [5.74, 6) is 1.30. The molecule has 134 valence electrons. The minimum atomic E-state index is 0.519. The van der Waals surface area contributed by atoms with Gasteiger partial charge in [0.1, 0.15) is 5.82 Å². The SMILES string of the molecule is Clc1cccc(Nc2nc(NCc3ccccc3Br)c3ccccc3n2)c1. The van der Waals surface area contributed by atoms with Crippen LogP contribution in [0.1, 0.15) is 5.56 Å². The molecule has 4 nitrogen and oxygen atoms in total. The summed E-state index contributed by atoms with van der Waals surface area (Å²) in [5, 5.41) is 8.30. The molecular formula is C21H16BrClN4. The molecule has 4 rings (SSSR count). The van der Waals surface area contributed by atoms with E-state index in [1.807, 2.05) is 66.7 Å². The fourth-order valence-corrected chi connectivity index (χ4v) is 3.40. The normalized spacial score (nSPS) is 10.7. The third kappa shape index (κ3) is 4.21. The third-order valence-electron chi connectivity index (χ3n) is 4.09. The van der Waals surface area contributed by atoms with Crippen molar-refractivity contribution in [1.82, 2.24) is 9.97 Å². The summed E-state index contributed by atoms with van der Waals surface area (Å²) < 4.78 is 1.06. The molecule has 0 saturated heterocycles. The Hall–Kier alpha value is -2.63. The van der Waals surface area contributed by atoms with Crippen LogP contribution in [-0.2, 0) is 6.54 Å². The Morgan fingerprint density at radius 1 is 0.889 bits per heavy atom. The average Bonchev–Trinajstić information content (AvgIpc) is 2.67. The highest BCUT2D eigenvalue weighted by atomic mass is 79.9. The van der Waals surface area contributed by atoms with E-state index < -0.39 is 0 Å². The number of nitrogens with one attached hydrogen (secondary N) is 2. The number of fused-ring (bicyclic) bond motifs is 1. The quantitative estimate of drug-likeness (QED) is 0.378. The topological polar surface area (TPSA) is 49.8 Å². The summed E-state index contributed by atoms with van der Waals surface area (Å²) in [5.41, 5.74) is 2.87. The van der Waals surface area contributed by atoms with Crippen LogP contribution in [0.4, 0.5) is 17.5 Å². The van der Waals surface area contributed by atoms with Gasteiger partial charge in [0.2, 0.25) is 5.95 Å². The van der Waals surface area contributed by atoms with Crippen molar-refractivity contribution < 1.29 is 0 Å². The van der Waals surface area contributed by atoms with Gasteiger partial charge in [-0.2, -0.15) is 4.98 Å². The van der Waals surface area contributed by atoms with Crippen molar-refractivity contribution in [2.75, 3.05) is 10.6 Å². The Balaban J connectivity index is 1.67. The molecule has 27 heavy (non-hydrogen) atoms. The maximum absolute atomic E-state index is 6.07. The first-order valence-corrected chi connectivity index (χ1v) is 9.63. The number of hydrogen-bond acceptors (Lipinski definition) is 4. The second-order valence-electron chi connectivity index (χ2n) is 5.99. The van der Waals surface area contributed by atoms with Crippen LogP contribution in [0.25, 0.3) is 10.9 Å². The van der Waals surface area contributed by atoms with Gasteiger partial charge in [-0.25, -0.2) is 4.98 Å². The molecule has 0 radical (unpaired) electrons. The summed E-state index contributed by atoms with van der Waals surface area (Å²) in [6.07, 6.45) is 0. The van der Waals surface area contributed by atoms with E-state index in [1.165, 1.54) is 0 Å². The molecule has 0 bridgehead atoms. The van der Waals surface area contributed by atoms with E-state index in [9.17, 15) is 0 Å². The predicted molar refractivity (Wildman–Crippen MR) is 116 cm³/mol. The smallest absolute Gasteiger partial charge is 0.229 e. The highest BCUT2D eigenvalue weighted by Crippen LogP contribution is 2.26. The molecule has 0 amide bonds. The van der Waals surface area contributed by atoms with Gasteiger partial charge in [-0.1, -0.05) is 63.9 Å². The van der Waals surface area contributed by atoms with Gasteiger partial charge < -0.3 is 10.6 Å². The highest BCUT2D eigenvalue weighted by molar-refractivity contribution is 9.10. The van der Waals surface area contributed by atoms with Crippen molar-refractivity contribution in [3.05, 3.63) is 87.9 Å². The van der Waals surface area contributed by atoms with Gasteiger partial charge in [-0.3, -0.25) is 0 Å². The van der Waals surface area contributed by atoms with Gasteiger partial charge in [0, 0.05) is 27.1 Å². The zero-order valence-electron chi connectivity index (χ0n) is 14.3. The van der Waals surface area contributed by atoms with E-state index in [0.29, 0.717) is 17.5 Å². The molecule has 1 heterocycles. The Morgan fingerprint density at radius 3 is 2.56 bits per heavy atom. The van der Waals surface area contributed by atoms with Crippen molar-refractivity contribution in [3.63, 3.8) is 0 Å². The number of hydrogen-bond donors (Lipinski definition) is 2. The zero-order valence-corrected chi connectivity index (χ0v) is 16.6. The number of rotatable bonds is 5. The summed E-state index contributed by atoms with van der Waals surface area (Å²) >= 11 is 9.66. The summed E-state index contributed by atoms with van der Waals surface area (Å²) in [7, 11) is 0. The maximum Gasteiger partial charge on any atom is 0.229 e. The number of aromatic nitrogens is 2. The Bertz CT molecular complexity index is 1100. The molecule has 4 aromatic rings. The molecule has 0 aliphatic rings. The van der Waals surface area contributed by atoms with Crippen molar-refractivity contribution in [2.24, 2.45) is 0 Å². The van der Waals surface area contributed by atoms with Crippen LogP contribution in [0.15, 0.2) is 77.3 Å². The number of benzene rings is 3. The Morgan fingerprint density at radius 2 is 1.70 bits per heavy atom. The molecule has 0 unspecified atom stereocenters. The van der Waals surface area contributed by atoms with E-state index in [2.05, 4.69) is 42.6 Å². The standard InChI is InChI=1S/C21H16BrClN4/c22-18-10-3-1-6-14(18)13-24-20-17-9-2-4-11-19(17)26-21(27-20)25-16-8-5-7-15(23)12-16/h1-12H,13H2,(H2,24,25,26,27). The highest BCUT2D eigenvalue weighted by Gasteiger charge is 2.09. The van der Waals surface area contributed by atoms with Crippen molar-refractivity contribution >= 4 is 55.9 Å². The van der Waals surface area contributed by atoms with Crippen LogP contribution >= 0.6 is 27.5 Å². The maximum atomic E-state index is 6.07. The van der Waals surface area contributed by atoms with E-state index in [1.54, 1.807) is 0 Å². The first-order valence-electron chi connectivity index (χ1n) is 8.46. The van der Waals surface area contributed by atoms with Crippen molar-refractivity contribution in [1.29, 1.82) is 0 Å². The zero-order chi connectivity index (χ0) is 18.6. The van der Waals surface area contributed by atoms with Crippen molar-refractivity contribution in [3.8, 4) is 0 Å². The third-order valence-corrected chi connectivity index (χ3v) is 5.10.